The highest BCUT2D eigenvalue weighted by molar-refractivity contribution is 4.95. The van der Waals surface area contributed by atoms with E-state index in [1.165, 1.54) is 0 Å². The number of nitrogens with two attached hydrogens (primary N) is 1. The average molecular weight is 195 g/mol. The Balaban J connectivity index is 2.38. The van der Waals surface area contributed by atoms with Gasteiger partial charge in [-0.1, -0.05) is 0 Å². The van der Waals surface area contributed by atoms with Crippen molar-refractivity contribution in [1.29, 1.82) is 0 Å². The topological polar surface area (TPSA) is 41.3 Å². The standard InChI is InChI=1S/C11H21N3/c1-3-4-7-13-11(10-12)5-8-14(2)9-6-11/h1,13H,4-10,12H2,2H3. The van der Waals surface area contributed by atoms with E-state index in [4.69, 9.17) is 12.2 Å². The molecule has 3 nitrogen and oxygen atoms in total. The summed E-state index contributed by atoms with van der Waals surface area (Å²) >= 11 is 0. The Morgan fingerprint density at radius 3 is 2.64 bits per heavy atom. The van der Waals surface area contributed by atoms with Crippen LogP contribution in [0, 0.1) is 12.3 Å². The molecule has 3 N–H and O–H groups in total. The molecule has 1 rings (SSSR count). The number of rotatable bonds is 4. The monoisotopic (exact) mass is 195 g/mol. The Kier molecular flexibility index (Phi) is 4.40. The van der Waals surface area contributed by atoms with Crippen LogP contribution in [0.3, 0.4) is 0 Å². The molecule has 1 aliphatic rings. The Bertz CT molecular complexity index is 199. The van der Waals surface area contributed by atoms with E-state index in [1.54, 1.807) is 0 Å². The van der Waals surface area contributed by atoms with Crippen molar-refractivity contribution in [3.05, 3.63) is 0 Å². The van der Waals surface area contributed by atoms with E-state index < -0.39 is 0 Å². The molecule has 0 aromatic carbocycles. The molecule has 0 atom stereocenters. The third-order valence-electron chi connectivity index (χ3n) is 3.10. The molecule has 0 saturated carbocycles. The Labute approximate surface area is 87.0 Å². The molecule has 1 heterocycles. The van der Waals surface area contributed by atoms with Crippen LogP contribution in [-0.4, -0.2) is 43.7 Å². The lowest BCUT2D eigenvalue weighted by Crippen LogP contribution is -2.57. The molecule has 0 aliphatic carbocycles. The maximum atomic E-state index is 5.83. The first-order valence-corrected chi connectivity index (χ1v) is 5.29. The number of likely N-dealkylation sites (tertiary alicyclic amines) is 1. The molecule has 3 heteroatoms. The second-order valence-corrected chi connectivity index (χ2v) is 4.17. The lowest BCUT2D eigenvalue weighted by Gasteiger charge is -2.40. The first-order chi connectivity index (χ1) is 6.72. The third-order valence-corrected chi connectivity index (χ3v) is 3.10. The minimum absolute atomic E-state index is 0.142. The van der Waals surface area contributed by atoms with Crippen molar-refractivity contribution in [2.75, 3.05) is 33.2 Å². The Morgan fingerprint density at radius 2 is 2.14 bits per heavy atom. The molecular formula is C11H21N3. The van der Waals surface area contributed by atoms with Crippen LogP contribution in [0.4, 0.5) is 0 Å². The maximum absolute atomic E-state index is 5.83. The van der Waals surface area contributed by atoms with Gasteiger partial charge in [-0.15, -0.1) is 12.3 Å². The molecule has 14 heavy (non-hydrogen) atoms. The summed E-state index contributed by atoms with van der Waals surface area (Å²) in [6.07, 6.45) is 8.27. The SMILES string of the molecule is C#CCCNC1(CN)CCN(C)CC1. The molecule has 0 bridgehead atoms. The Hall–Kier alpha value is -0.560. The summed E-state index contributed by atoms with van der Waals surface area (Å²) in [4.78, 5) is 2.34. The number of nitrogens with zero attached hydrogens (tertiary/aromatic N) is 1. The minimum atomic E-state index is 0.142. The summed E-state index contributed by atoms with van der Waals surface area (Å²) in [5, 5.41) is 3.51. The van der Waals surface area contributed by atoms with Gasteiger partial charge in [0, 0.05) is 25.0 Å². The molecule has 1 aliphatic heterocycles. The summed E-state index contributed by atoms with van der Waals surface area (Å²) in [5.41, 5.74) is 5.98. The fourth-order valence-corrected chi connectivity index (χ4v) is 1.90. The largest absolute Gasteiger partial charge is 0.329 e. The number of hydrogen-bond acceptors (Lipinski definition) is 3. The molecular weight excluding hydrogens is 174 g/mol. The second kappa shape index (κ2) is 5.35. The normalized spacial score (nSPS) is 21.8. The van der Waals surface area contributed by atoms with Gasteiger partial charge in [0.2, 0.25) is 0 Å². The second-order valence-electron chi connectivity index (χ2n) is 4.17. The predicted octanol–water partition coefficient (Wildman–Crippen LogP) is 0.0224. The predicted molar refractivity (Wildman–Crippen MR) is 60.0 cm³/mol. The average Bonchev–Trinajstić information content (AvgIpc) is 2.22. The van der Waals surface area contributed by atoms with E-state index in [-0.39, 0.29) is 5.54 Å². The summed E-state index contributed by atoms with van der Waals surface area (Å²) in [7, 11) is 2.15. The van der Waals surface area contributed by atoms with E-state index in [9.17, 15) is 0 Å². The van der Waals surface area contributed by atoms with Crippen molar-refractivity contribution in [2.45, 2.75) is 24.8 Å². The molecule has 0 aromatic heterocycles. The van der Waals surface area contributed by atoms with E-state index in [1.807, 2.05) is 0 Å². The van der Waals surface area contributed by atoms with Crippen molar-refractivity contribution < 1.29 is 0 Å². The van der Waals surface area contributed by atoms with Crippen LogP contribution in [-0.2, 0) is 0 Å². The first-order valence-electron chi connectivity index (χ1n) is 5.29. The number of piperidine rings is 1. The first kappa shape index (κ1) is 11.5. The molecule has 80 valence electrons. The summed E-state index contributed by atoms with van der Waals surface area (Å²) < 4.78 is 0. The minimum Gasteiger partial charge on any atom is -0.329 e. The van der Waals surface area contributed by atoms with Gasteiger partial charge in [0.25, 0.3) is 0 Å². The van der Waals surface area contributed by atoms with Crippen molar-refractivity contribution in [1.82, 2.24) is 10.2 Å². The zero-order valence-corrected chi connectivity index (χ0v) is 9.05. The highest BCUT2D eigenvalue weighted by Crippen LogP contribution is 2.20. The number of nitrogens with one attached hydrogen (secondary N) is 1. The van der Waals surface area contributed by atoms with E-state index in [2.05, 4.69) is 23.2 Å². The van der Waals surface area contributed by atoms with Gasteiger partial charge in [0.15, 0.2) is 0 Å². The molecule has 1 saturated heterocycles. The summed E-state index contributed by atoms with van der Waals surface area (Å²) in [6, 6.07) is 0. The van der Waals surface area contributed by atoms with Crippen LogP contribution in [0.1, 0.15) is 19.3 Å². The highest BCUT2D eigenvalue weighted by atomic mass is 15.1. The van der Waals surface area contributed by atoms with Crippen molar-refractivity contribution in [3.8, 4) is 12.3 Å². The summed E-state index contributed by atoms with van der Waals surface area (Å²) in [5.74, 6) is 2.64. The van der Waals surface area contributed by atoms with E-state index in [0.717, 1.165) is 38.9 Å². The molecule has 0 spiro atoms. The van der Waals surface area contributed by atoms with Crippen LogP contribution in [0.2, 0.25) is 0 Å². The van der Waals surface area contributed by atoms with Crippen LogP contribution < -0.4 is 11.1 Å². The van der Waals surface area contributed by atoms with Gasteiger partial charge in [-0.05, 0) is 33.0 Å². The molecule has 0 aromatic rings. The summed E-state index contributed by atoms with van der Waals surface area (Å²) in [6.45, 7) is 3.85. The Morgan fingerprint density at radius 1 is 1.50 bits per heavy atom. The van der Waals surface area contributed by atoms with Gasteiger partial charge in [0.05, 0.1) is 0 Å². The van der Waals surface area contributed by atoms with Gasteiger partial charge in [-0.25, -0.2) is 0 Å². The van der Waals surface area contributed by atoms with Crippen molar-refractivity contribution in [2.24, 2.45) is 5.73 Å². The van der Waals surface area contributed by atoms with Crippen molar-refractivity contribution >= 4 is 0 Å². The van der Waals surface area contributed by atoms with E-state index in [0.29, 0.717) is 6.54 Å². The van der Waals surface area contributed by atoms with Crippen LogP contribution in [0.5, 0.6) is 0 Å². The zero-order valence-electron chi connectivity index (χ0n) is 9.05. The molecule has 0 amide bonds. The molecule has 0 radical (unpaired) electrons. The van der Waals surface area contributed by atoms with Gasteiger partial charge in [0.1, 0.15) is 0 Å². The fourth-order valence-electron chi connectivity index (χ4n) is 1.90. The smallest absolute Gasteiger partial charge is 0.0328 e. The third kappa shape index (κ3) is 2.98. The van der Waals surface area contributed by atoms with Gasteiger partial charge < -0.3 is 16.0 Å². The molecule has 1 fully saturated rings. The van der Waals surface area contributed by atoms with Gasteiger partial charge in [-0.3, -0.25) is 0 Å². The lowest BCUT2D eigenvalue weighted by molar-refractivity contribution is 0.163. The molecule has 0 unspecified atom stereocenters. The van der Waals surface area contributed by atoms with E-state index >= 15 is 0 Å². The van der Waals surface area contributed by atoms with Crippen LogP contribution in [0.15, 0.2) is 0 Å². The lowest BCUT2D eigenvalue weighted by atomic mass is 9.87. The number of terminal acetylenes is 1. The highest BCUT2D eigenvalue weighted by Gasteiger charge is 2.31. The van der Waals surface area contributed by atoms with Crippen molar-refractivity contribution in [3.63, 3.8) is 0 Å². The van der Waals surface area contributed by atoms with Gasteiger partial charge >= 0.3 is 0 Å². The quantitative estimate of drug-likeness (QED) is 0.491. The maximum Gasteiger partial charge on any atom is 0.0328 e. The zero-order chi connectivity index (χ0) is 10.4. The van der Waals surface area contributed by atoms with Gasteiger partial charge in [-0.2, -0.15) is 0 Å². The van der Waals surface area contributed by atoms with Crippen LogP contribution in [0.25, 0.3) is 0 Å². The fraction of sp³-hybridized carbons (Fsp3) is 0.818. The van der Waals surface area contributed by atoms with Crippen LogP contribution >= 0.6 is 0 Å². The number of hydrogen-bond donors (Lipinski definition) is 2.